The van der Waals surface area contributed by atoms with Crippen molar-refractivity contribution in [1.29, 1.82) is 0 Å². The van der Waals surface area contributed by atoms with Gasteiger partial charge in [-0.25, -0.2) is 0 Å². The Labute approximate surface area is 73.9 Å². The van der Waals surface area contributed by atoms with Crippen LogP contribution in [0.4, 0.5) is 0 Å². The Morgan fingerprint density at radius 3 is 1.45 bits per heavy atom. The molecular formula is C10H22P. The van der Waals surface area contributed by atoms with E-state index in [1.54, 1.807) is 8.58 Å². The van der Waals surface area contributed by atoms with E-state index in [1.165, 1.54) is 25.2 Å². The van der Waals surface area contributed by atoms with E-state index in [9.17, 15) is 0 Å². The van der Waals surface area contributed by atoms with Crippen molar-refractivity contribution in [2.24, 2.45) is 11.8 Å². The quantitative estimate of drug-likeness (QED) is 0.420. The molecule has 0 bridgehead atoms. The van der Waals surface area contributed by atoms with Gasteiger partial charge in [0.05, 0.1) is 0 Å². The first kappa shape index (κ1) is 11.4. The molecule has 0 aromatic rings. The van der Waals surface area contributed by atoms with Crippen molar-refractivity contribution >= 4 is 8.58 Å². The molecule has 0 aliphatic heterocycles. The average molecular weight is 173 g/mol. The van der Waals surface area contributed by atoms with Gasteiger partial charge in [0.25, 0.3) is 0 Å². The van der Waals surface area contributed by atoms with Crippen molar-refractivity contribution in [2.45, 2.75) is 40.5 Å². The maximum atomic E-state index is 2.30. The molecule has 0 aromatic heterocycles. The third-order valence-corrected chi connectivity index (χ3v) is 2.88. The average Bonchev–Trinajstić information content (AvgIpc) is 1.85. The van der Waals surface area contributed by atoms with Crippen LogP contribution < -0.4 is 0 Å². The van der Waals surface area contributed by atoms with Crippen LogP contribution in [0.5, 0.6) is 0 Å². The summed E-state index contributed by atoms with van der Waals surface area (Å²) < 4.78 is 0. The van der Waals surface area contributed by atoms with Gasteiger partial charge < -0.3 is 0 Å². The molecule has 0 aliphatic rings. The van der Waals surface area contributed by atoms with Crippen LogP contribution in [0.1, 0.15) is 40.5 Å². The second kappa shape index (κ2) is 7.10. The lowest BCUT2D eigenvalue weighted by Gasteiger charge is -2.05. The third kappa shape index (κ3) is 10.4. The minimum Gasteiger partial charge on any atom is -0.0810 e. The molecule has 0 nitrogen and oxygen atoms in total. The fraction of sp³-hybridized carbons (Fsp3) is 1.00. The summed E-state index contributed by atoms with van der Waals surface area (Å²) in [6.07, 6.45) is 5.62. The van der Waals surface area contributed by atoms with Crippen molar-refractivity contribution in [2.75, 3.05) is 12.3 Å². The second-order valence-electron chi connectivity index (χ2n) is 4.04. The summed E-state index contributed by atoms with van der Waals surface area (Å²) in [7, 11) is 1.66. The first-order valence-electron chi connectivity index (χ1n) is 4.76. The SMILES string of the molecule is CC(C)CC[P]CCC(C)C. The van der Waals surface area contributed by atoms with Crippen LogP contribution in [0.15, 0.2) is 0 Å². The first-order valence-corrected chi connectivity index (χ1v) is 6.02. The molecule has 0 aliphatic carbocycles. The van der Waals surface area contributed by atoms with Crippen LogP contribution in [0.2, 0.25) is 0 Å². The molecule has 0 saturated carbocycles. The molecule has 0 aromatic carbocycles. The van der Waals surface area contributed by atoms with Gasteiger partial charge in [-0.05, 0) is 37.0 Å². The minimum absolute atomic E-state index is 0.890. The van der Waals surface area contributed by atoms with Gasteiger partial charge in [-0.15, -0.1) is 0 Å². The van der Waals surface area contributed by atoms with Crippen LogP contribution >= 0.6 is 8.58 Å². The van der Waals surface area contributed by atoms with Gasteiger partial charge in [0, 0.05) is 0 Å². The standard InChI is InChI=1S/C10H22P/c1-9(2)5-7-11-8-6-10(3)4/h9-10H,5-8H2,1-4H3. The van der Waals surface area contributed by atoms with Crippen LogP contribution in [0.3, 0.4) is 0 Å². The Kier molecular flexibility index (Phi) is 7.38. The van der Waals surface area contributed by atoms with Gasteiger partial charge in [-0.1, -0.05) is 36.3 Å². The molecule has 0 unspecified atom stereocenters. The molecule has 1 radical (unpaired) electrons. The summed E-state index contributed by atoms with van der Waals surface area (Å²) in [4.78, 5) is 0. The lowest BCUT2D eigenvalue weighted by atomic mass is 10.2. The molecular weight excluding hydrogens is 151 g/mol. The molecule has 67 valence electrons. The van der Waals surface area contributed by atoms with E-state index < -0.39 is 0 Å². The van der Waals surface area contributed by atoms with E-state index >= 15 is 0 Å². The lowest BCUT2D eigenvalue weighted by Crippen LogP contribution is -1.92. The van der Waals surface area contributed by atoms with Gasteiger partial charge in [0.15, 0.2) is 0 Å². The van der Waals surface area contributed by atoms with Gasteiger partial charge in [0.2, 0.25) is 0 Å². The summed E-state index contributed by atoms with van der Waals surface area (Å²) >= 11 is 0. The van der Waals surface area contributed by atoms with Crippen molar-refractivity contribution in [3.8, 4) is 0 Å². The Morgan fingerprint density at radius 2 is 1.18 bits per heavy atom. The fourth-order valence-electron chi connectivity index (χ4n) is 0.811. The van der Waals surface area contributed by atoms with E-state index in [1.807, 2.05) is 0 Å². The van der Waals surface area contributed by atoms with Crippen LogP contribution in [0, 0.1) is 11.8 Å². The Morgan fingerprint density at radius 1 is 0.818 bits per heavy atom. The highest BCUT2D eigenvalue weighted by Crippen LogP contribution is 2.18. The van der Waals surface area contributed by atoms with Crippen molar-refractivity contribution < 1.29 is 0 Å². The Bertz CT molecular complexity index is 66.9. The third-order valence-electron chi connectivity index (χ3n) is 1.73. The maximum Gasteiger partial charge on any atom is -0.0285 e. The molecule has 0 rings (SSSR count). The largest absolute Gasteiger partial charge is 0.0810 e. The number of rotatable bonds is 6. The molecule has 0 fully saturated rings. The summed E-state index contributed by atoms with van der Waals surface area (Å²) in [6.45, 7) is 9.21. The highest BCUT2D eigenvalue weighted by Gasteiger charge is 1.96. The lowest BCUT2D eigenvalue weighted by molar-refractivity contribution is 0.621. The molecule has 1 heteroatoms. The first-order chi connectivity index (χ1) is 5.13. The van der Waals surface area contributed by atoms with Gasteiger partial charge >= 0.3 is 0 Å². The summed E-state index contributed by atoms with van der Waals surface area (Å²) in [6, 6.07) is 0. The molecule has 0 N–H and O–H groups in total. The Balaban J connectivity index is 2.91. The zero-order valence-corrected chi connectivity index (χ0v) is 9.32. The molecule has 0 amide bonds. The van der Waals surface area contributed by atoms with Crippen LogP contribution in [-0.2, 0) is 0 Å². The van der Waals surface area contributed by atoms with Crippen LogP contribution in [0.25, 0.3) is 0 Å². The van der Waals surface area contributed by atoms with Crippen molar-refractivity contribution in [3.05, 3.63) is 0 Å². The molecule has 0 atom stereocenters. The predicted octanol–water partition coefficient (Wildman–Crippen LogP) is 4.02. The topological polar surface area (TPSA) is 0 Å². The van der Waals surface area contributed by atoms with E-state index in [4.69, 9.17) is 0 Å². The van der Waals surface area contributed by atoms with Crippen LogP contribution in [-0.4, -0.2) is 12.3 Å². The summed E-state index contributed by atoms with van der Waals surface area (Å²) in [5.41, 5.74) is 0. The maximum absolute atomic E-state index is 2.30. The predicted molar refractivity (Wildman–Crippen MR) is 55.6 cm³/mol. The molecule has 11 heavy (non-hydrogen) atoms. The second-order valence-corrected chi connectivity index (χ2v) is 5.38. The normalized spacial score (nSPS) is 11.5. The number of hydrogen-bond acceptors (Lipinski definition) is 0. The highest BCUT2D eigenvalue weighted by molar-refractivity contribution is 7.37. The summed E-state index contributed by atoms with van der Waals surface area (Å²) in [5.74, 6) is 1.78. The zero-order chi connectivity index (χ0) is 8.69. The van der Waals surface area contributed by atoms with Crippen molar-refractivity contribution in [3.63, 3.8) is 0 Å². The van der Waals surface area contributed by atoms with E-state index in [2.05, 4.69) is 27.7 Å². The smallest absolute Gasteiger partial charge is 0.0285 e. The van der Waals surface area contributed by atoms with Crippen molar-refractivity contribution in [1.82, 2.24) is 0 Å². The Hall–Kier alpha value is 0.430. The monoisotopic (exact) mass is 173 g/mol. The van der Waals surface area contributed by atoms with Gasteiger partial charge in [-0.2, -0.15) is 0 Å². The van der Waals surface area contributed by atoms with E-state index in [-0.39, 0.29) is 0 Å². The van der Waals surface area contributed by atoms with Gasteiger partial charge in [0.1, 0.15) is 0 Å². The van der Waals surface area contributed by atoms with Gasteiger partial charge in [-0.3, -0.25) is 0 Å². The van der Waals surface area contributed by atoms with E-state index in [0.29, 0.717) is 0 Å². The number of hydrogen-bond donors (Lipinski definition) is 0. The zero-order valence-electron chi connectivity index (χ0n) is 8.43. The molecule has 0 saturated heterocycles. The summed E-state index contributed by atoms with van der Waals surface area (Å²) in [5, 5.41) is 0. The highest BCUT2D eigenvalue weighted by atomic mass is 31.1. The molecule has 0 heterocycles. The van der Waals surface area contributed by atoms with E-state index in [0.717, 1.165) is 11.8 Å². The fourth-order valence-corrected chi connectivity index (χ4v) is 2.43. The molecule has 0 spiro atoms. The minimum atomic E-state index is 0.890.